The Labute approximate surface area is 135 Å². The Bertz CT molecular complexity index is 871. The van der Waals surface area contributed by atoms with Gasteiger partial charge in [-0.05, 0) is 19.1 Å². The van der Waals surface area contributed by atoms with E-state index in [1.54, 1.807) is 17.6 Å². The highest BCUT2D eigenvalue weighted by molar-refractivity contribution is 7.15. The van der Waals surface area contributed by atoms with Gasteiger partial charge in [0.1, 0.15) is 0 Å². The fraction of sp³-hybridized carbons (Fsp3) is 0.0714. The number of hydrogen-bond donors (Lipinski definition) is 2. The quantitative estimate of drug-likeness (QED) is 0.438. The molecule has 0 saturated carbocycles. The van der Waals surface area contributed by atoms with Gasteiger partial charge < -0.3 is 11.5 Å². The summed E-state index contributed by atoms with van der Waals surface area (Å²) in [5, 5.41) is 10.3. The molecule has 0 aliphatic carbocycles. The number of imidazole rings is 1. The first kappa shape index (κ1) is 14.6. The molecule has 8 heteroatoms. The Morgan fingerprint density at radius 1 is 1.32 bits per heavy atom. The smallest absolute Gasteiger partial charge is 0.211 e. The normalized spacial score (nSPS) is 11.4. The zero-order valence-electron chi connectivity index (χ0n) is 11.7. The van der Waals surface area contributed by atoms with E-state index < -0.39 is 0 Å². The monoisotopic (exact) mass is 332 g/mol. The largest absolute Gasteiger partial charge is 0.369 e. The van der Waals surface area contributed by atoms with Gasteiger partial charge in [0.15, 0.2) is 4.96 Å². The minimum absolute atomic E-state index is 0.0907. The number of nitrogens with two attached hydrogens (primary N) is 2. The number of aromatic nitrogens is 2. The molecular weight excluding hydrogens is 320 g/mol. The molecule has 0 amide bonds. The topological polar surface area (TPSA) is 94.1 Å². The Hall–Kier alpha value is -2.38. The SMILES string of the molecule is Cc1csc2nc(-c3ccc(Cl)cc3)c(/C=N\N=C(N)N)n12. The van der Waals surface area contributed by atoms with Gasteiger partial charge in [-0.3, -0.25) is 4.40 Å². The van der Waals surface area contributed by atoms with Gasteiger partial charge in [-0.25, -0.2) is 4.98 Å². The van der Waals surface area contributed by atoms with Crippen molar-refractivity contribution < 1.29 is 0 Å². The molecule has 0 fully saturated rings. The summed E-state index contributed by atoms with van der Waals surface area (Å²) in [6, 6.07) is 7.49. The number of nitrogens with zero attached hydrogens (tertiary/aromatic N) is 4. The first-order valence-electron chi connectivity index (χ1n) is 6.40. The number of hydrogen-bond acceptors (Lipinski definition) is 4. The van der Waals surface area contributed by atoms with Gasteiger partial charge in [0, 0.05) is 21.7 Å². The molecular formula is C14H13ClN6S. The minimum atomic E-state index is -0.0907. The molecule has 0 spiro atoms. The number of benzene rings is 1. The van der Waals surface area contributed by atoms with Crippen LogP contribution in [0.2, 0.25) is 5.02 Å². The van der Waals surface area contributed by atoms with E-state index in [9.17, 15) is 0 Å². The minimum Gasteiger partial charge on any atom is -0.369 e. The molecule has 3 aromatic rings. The summed E-state index contributed by atoms with van der Waals surface area (Å²) >= 11 is 7.51. The Morgan fingerprint density at radius 3 is 2.73 bits per heavy atom. The average Bonchev–Trinajstić information content (AvgIpc) is 3.01. The summed E-state index contributed by atoms with van der Waals surface area (Å²) in [5.74, 6) is -0.0907. The van der Waals surface area contributed by atoms with Crippen molar-refractivity contribution in [1.82, 2.24) is 9.38 Å². The van der Waals surface area contributed by atoms with Crippen LogP contribution in [0.25, 0.3) is 16.2 Å². The van der Waals surface area contributed by atoms with Gasteiger partial charge in [0.2, 0.25) is 5.96 Å². The lowest BCUT2D eigenvalue weighted by Crippen LogP contribution is -2.21. The van der Waals surface area contributed by atoms with Crippen LogP contribution in [0.4, 0.5) is 0 Å². The van der Waals surface area contributed by atoms with Crippen molar-refractivity contribution in [3.63, 3.8) is 0 Å². The van der Waals surface area contributed by atoms with Crippen LogP contribution in [0.5, 0.6) is 0 Å². The molecule has 22 heavy (non-hydrogen) atoms. The lowest BCUT2D eigenvalue weighted by Gasteiger charge is -2.00. The molecule has 0 unspecified atom stereocenters. The van der Waals surface area contributed by atoms with Gasteiger partial charge in [0.05, 0.1) is 17.6 Å². The van der Waals surface area contributed by atoms with Gasteiger partial charge >= 0.3 is 0 Å². The van der Waals surface area contributed by atoms with E-state index in [0.29, 0.717) is 5.02 Å². The van der Waals surface area contributed by atoms with E-state index in [1.165, 1.54) is 0 Å². The summed E-state index contributed by atoms with van der Waals surface area (Å²) < 4.78 is 2.01. The zero-order chi connectivity index (χ0) is 15.7. The van der Waals surface area contributed by atoms with E-state index in [0.717, 1.165) is 27.6 Å². The van der Waals surface area contributed by atoms with E-state index in [2.05, 4.69) is 15.2 Å². The van der Waals surface area contributed by atoms with E-state index in [1.807, 2.05) is 41.0 Å². The Balaban J connectivity index is 2.19. The maximum Gasteiger partial charge on any atom is 0.211 e. The fourth-order valence-electron chi connectivity index (χ4n) is 2.11. The average molecular weight is 333 g/mol. The van der Waals surface area contributed by atoms with Crippen molar-refractivity contribution in [1.29, 1.82) is 0 Å². The van der Waals surface area contributed by atoms with Crippen LogP contribution in [-0.4, -0.2) is 21.6 Å². The molecule has 0 atom stereocenters. The number of fused-ring (bicyclic) bond motifs is 1. The lowest BCUT2D eigenvalue weighted by atomic mass is 10.1. The second-order valence-corrected chi connectivity index (χ2v) is 5.89. The third kappa shape index (κ3) is 2.68. The van der Waals surface area contributed by atoms with E-state index >= 15 is 0 Å². The second-order valence-electron chi connectivity index (χ2n) is 4.62. The number of guanidine groups is 1. The summed E-state index contributed by atoms with van der Waals surface area (Å²) in [6.07, 6.45) is 1.60. The van der Waals surface area contributed by atoms with Crippen LogP contribution in [-0.2, 0) is 0 Å². The van der Waals surface area contributed by atoms with Crippen LogP contribution in [0.15, 0.2) is 39.8 Å². The molecule has 0 bridgehead atoms. The van der Waals surface area contributed by atoms with Crippen molar-refractivity contribution in [2.75, 3.05) is 0 Å². The zero-order valence-corrected chi connectivity index (χ0v) is 13.3. The Kier molecular flexibility index (Phi) is 3.82. The number of aryl methyl sites for hydroxylation is 1. The Morgan fingerprint density at radius 2 is 2.05 bits per heavy atom. The molecule has 112 valence electrons. The van der Waals surface area contributed by atoms with Crippen LogP contribution in [0.3, 0.4) is 0 Å². The van der Waals surface area contributed by atoms with Gasteiger partial charge in [-0.15, -0.1) is 16.4 Å². The summed E-state index contributed by atoms with van der Waals surface area (Å²) in [6.45, 7) is 2.01. The molecule has 2 heterocycles. The highest BCUT2D eigenvalue weighted by Crippen LogP contribution is 2.28. The van der Waals surface area contributed by atoms with Gasteiger partial charge in [-0.1, -0.05) is 23.7 Å². The van der Waals surface area contributed by atoms with Crippen LogP contribution < -0.4 is 11.5 Å². The standard InChI is InChI=1S/C14H13ClN6S/c1-8-7-22-14-19-12(9-2-4-10(15)5-3-9)11(21(8)14)6-18-20-13(16)17/h2-7H,1H3,(H4,16,17,20)/b18-6-. The van der Waals surface area contributed by atoms with Crippen LogP contribution >= 0.6 is 22.9 Å². The van der Waals surface area contributed by atoms with Crippen LogP contribution in [0, 0.1) is 6.92 Å². The summed E-state index contributed by atoms with van der Waals surface area (Å²) in [7, 11) is 0. The van der Waals surface area contributed by atoms with E-state index in [-0.39, 0.29) is 5.96 Å². The van der Waals surface area contributed by atoms with Crippen molar-refractivity contribution in [2.24, 2.45) is 21.7 Å². The maximum atomic E-state index is 5.94. The third-order valence-corrected chi connectivity index (χ3v) is 4.24. The second kappa shape index (κ2) is 5.78. The fourth-order valence-corrected chi connectivity index (χ4v) is 3.11. The van der Waals surface area contributed by atoms with Crippen molar-refractivity contribution >= 4 is 40.1 Å². The molecule has 0 saturated heterocycles. The first-order valence-corrected chi connectivity index (χ1v) is 7.66. The molecule has 2 aromatic heterocycles. The third-order valence-electron chi connectivity index (χ3n) is 3.04. The maximum absolute atomic E-state index is 5.94. The van der Waals surface area contributed by atoms with Crippen molar-refractivity contribution in [3.05, 3.63) is 46.1 Å². The predicted molar refractivity (Wildman–Crippen MR) is 91.7 cm³/mol. The molecule has 3 rings (SSSR count). The summed E-state index contributed by atoms with van der Waals surface area (Å²) in [4.78, 5) is 5.55. The molecule has 1 aromatic carbocycles. The molecule has 0 radical (unpaired) electrons. The number of thiazole rings is 1. The number of halogens is 1. The highest BCUT2D eigenvalue weighted by Gasteiger charge is 2.15. The predicted octanol–water partition coefficient (Wildman–Crippen LogP) is 2.63. The first-order chi connectivity index (χ1) is 10.6. The van der Waals surface area contributed by atoms with Crippen molar-refractivity contribution in [3.8, 4) is 11.3 Å². The van der Waals surface area contributed by atoms with Gasteiger partial charge in [0.25, 0.3) is 0 Å². The van der Waals surface area contributed by atoms with Crippen LogP contribution in [0.1, 0.15) is 11.4 Å². The van der Waals surface area contributed by atoms with E-state index in [4.69, 9.17) is 23.1 Å². The molecule has 6 nitrogen and oxygen atoms in total. The van der Waals surface area contributed by atoms with Gasteiger partial charge in [-0.2, -0.15) is 5.10 Å². The molecule has 0 aliphatic heterocycles. The molecule has 0 aliphatic rings. The number of rotatable bonds is 3. The van der Waals surface area contributed by atoms with Crippen molar-refractivity contribution in [2.45, 2.75) is 6.92 Å². The lowest BCUT2D eigenvalue weighted by molar-refractivity contribution is 1.11. The highest BCUT2D eigenvalue weighted by atomic mass is 35.5. The summed E-state index contributed by atoms with van der Waals surface area (Å²) in [5.41, 5.74) is 14.2. The molecule has 4 N–H and O–H groups in total.